The van der Waals surface area contributed by atoms with Crippen LogP contribution < -0.4 is 15.0 Å². The van der Waals surface area contributed by atoms with E-state index in [1.54, 1.807) is 17.0 Å². The second kappa shape index (κ2) is 6.88. The predicted octanol–water partition coefficient (Wildman–Crippen LogP) is 0.627. The van der Waals surface area contributed by atoms with Crippen LogP contribution in [0.15, 0.2) is 16.6 Å². The van der Waals surface area contributed by atoms with Crippen LogP contribution in [0.25, 0.3) is 0 Å². The molecule has 0 bridgehead atoms. The molecule has 3 rings (SSSR count). The molecular weight excluding hydrogens is 566 g/mol. The van der Waals surface area contributed by atoms with Gasteiger partial charge in [-0.05, 0) is 5.69 Å². The molecule has 1 aromatic rings. The van der Waals surface area contributed by atoms with Crippen LogP contribution in [0, 0.1) is 37.2 Å². The molecule has 1 saturated heterocycles. The maximum atomic E-state index is 11.0. The molecule has 6 nitrogen and oxygen atoms in total. The number of carbonyl (C=O) groups excluding carboxylic acids is 1. The van der Waals surface area contributed by atoms with E-state index in [1.807, 2.05) is 0 Å². The molecule has 0 radical (unpaired) electrons. The summed E-state index contributed by atoms with van der Waals surface area (Å²) in [5.74, 6) is 0.547. The SMILES string of the molecule is CC(=O)NC[C@@H]1OC(O)N2c3c[c-]c(Br)cc3OC[C@@H]12.[U]. The van der Waals surface area contributed by atoms with Crippen molar-refractivity contribution in [1.29, 1.82) is 0 Å². The Morgan fingerprint density at radius 3 is 3.14 bits per heavy atom. The first-order valence-corrected chi connectivity index (χ1v) is 7.06. The van der Waals surface area contributed by atoms with Crippen LogP contribution in [0.4, 0.5) is 5.69 Å². The molecule has 3 atom stereocenters. The molecule has 0 aliphatic carbocycles. The zero-order chi connectivity index (χ0) is 14.3. The molecule has 8 heteroatoms. The van der Waals surface area contributed by atoms with Gasteiger partial charge in [0.15, 0.2) is 0 Å². The van der Waals surface area contributed by atoms with Crippen LogP contribution in [0.1, 0.15) is 6.92 Å². The van der Waals surface area contributed by atoms with E-state index in [9.17, 15) is 9.90 Å². The molecule has 21 heavy (non-hydrogen) atoms. The Morgan fingerprint density at radius 2 is 2.43 bits per heavy atom. The van der Waals surface area contributed by atoms with Gasteiger partial charge >= 0.3 is 0 Å². The number of benzene rings is 1. The quantitative estimate of drug-likeness (QED) is 0.503. The van der Waals surface area contributed by atoms with Crippen molar-refractivity contribution in [3.05, 3.63) is 22.7 Å². The first kappa shape index (κ1) is 17.1. The third kappa shape index (κ3) is 3.40. The number of nitrogens with zero attached hydrogens (tertiary/aromatic N) is 1. The zero-order valence-electron chi connectivity index (χ0n) is 11.3. The summed E-state index contributed by atoms with van der Waals surface area (Å²) in [5, 5.41) is 12.8. The van der Waals surface area contributed by atoms with Gasteiger partial charge in [0, 0.05) is 50.3 Å². The summed E-state index contributed by atoms with van der Waals surface area (Å²) in [6.45, 7) is 2.18. The van der Waals surface area contributed by atoms with Crippen LogP contribution in [-0.2, 0) is 9.53 Å². The molecule has 0 saturated carbocycles. The van der Waals surface area contributed by atoms with E-state index in [-0.39, 0.29) is 49.2 Å². The number of amides is 1. The third-order valence-corrected chi connectivity index (χ3v) is 3.88. The summed E-state index contributed by atoms with van der Waals surface area (Å²) < 4.78 is 12.0. The Labute approximate surface area is 154 Å². The van der Waals surface area contributed by atoms with Crippen molar-refractivity contribution in [2.24, 2.45) is 0 Å². The van der Waals surface area contributed by atoms with Gasteiger partial charge in [0.1, 0.15) is 12.7 Å². The number of fused-ring (bicyclic) bond motifs is 3. The van der Waals surface area contributed by atoms with E-state index in [4.69, 9.17) is 9.47 Å². The third-order valence-electron chi connectivity index (χ3n) is 3.42. The topological polar surface area (TPSA) is 71.0 Å². The molecule has 1 fully saturated rings. The number of nitrogens with one attached hydrogen (secondary N) is 1. The van der Waals surface area contributed by atoms with Gasteiger partial charge in [0.05, 0.1) is 6.04 Å². The van der Waals surface area contributed by atoms with E-state index in [0.717, 1.165) is 10.2 Å². The summed E-state index contributed by atoms with van der Waals surface area (Å²) >= 11 is 3.34. The largest absolute Gasteiger partial charge is 0.515 e. The normalized spacial score (nSPS) is 26.2. The van der Waals surface area contributed by atoms with Gasteiger partial charge in [-0.25, -0.2) is 0 Å². The second-order valence-corrected chi connectivity index (χ2v) is 5.61. The van der Waals surface area contributed by atoms with Crippen molar-refractivity contribution >= 4 is 27.5 Å². The number of hydrogen-bond donors (Lipinski definition) is 2. The van der Waals surface area contributed by atoms with Crippen molar-refractivity contribution < 1.29 is 50.5 Å². The number of aliphatic hydroxyl groups excluding tert-OH is 1. The van der Waals surface area contributed by atoms with E-state index < -0.39 is 6.41 Å². The molecule has 2 N–H and O–H groups in total. The van der Waals surface area contributed by atoms with Crippen molar-refractivity contribution in [3.63, 3.8) is 0 Å². The van der Waals surface area contributed by atoms with Gasteiger partial charge in [-0.15, -0.1) is 12.1 Å². The molecule has 1 amide bonds. The van der Waals surface area contributed by atoms with E-state index in [0.29, 0.717) is 18.9 Å². The van der Waals surface area contributed by atoms with Gasteiger partial charge < -0.3 is 24.8 Å². The van der Waals surface area contributed by atoms with Crippen molar-refractivity contribution in [3.8, 4) is 5.75 Å². The fourth-order valence-electron chi connectivity index (χ4n) is 2.50. The Hall–Kier alpha value is -0.258. The Balaban J connectivity index is 0.00000161. The molecule has 112 valence electrons. The summed E-state index contributed by atoms with van der Waals surface area (Å²) in [5.41, 5.74) is 0.738. The molecule has 2 aliphatic rings. The number of carbonyl (C=O) groups is 1. The molecule has 0 spiro atoms. The average molecular weight is 580 g/mol. The van der Waals surface area contributed by atoms with Crippen LogP contribution in [0.5, 0.6) is 5.75 Å². The van der Waals surface area contributed by atoms with Gasteiger partial charge in [0.25, 0.3) is 0 Å². The molecule has 0 aromatic heterocycles. The van der Waals surface area contributed by atoms with E-state index >= 15 is 0 Å². The Bertz CT molecular complexity index is 545. The molecule has 2 aliphatic heterocycles. The Kier molecular flexibility index (Phi) is 5.60. The summed E-state index contributed by atoms with van der Waals surface area (Å²) in [6.07, 6.45) is -1.36. The minimum atomic E-state index is -1.05. The fourth-order valence-corrected chi connectivity index (χ4v) is 2.82. The monoisotopic (exact) mass is 579 g/mol. The maximum Gasteiger partial charge on any atom is 0.228 e. The minimum absolute atomic E-state index is 0. The number of halogens is 1. The van der Waals surface area contributed by atoms with Crippen LogP contribution in [0.2, 0.25) is 0 Å². The maximum absolute atomic E-state index is 11.0. The van der Waals surface area contributed by atoms with Gasteiger partial charge in [-0.3, -0.25) is 4.79 Å². The van der Waals surface area contributed by atoms with E-state index in [1.165, 1.54) is 6.92 Å². The number of hydrogen-bond acceptors (Lipinski definition) is 5. The van der Waals surface area contributed by atoms with Crippen LogP contribution in [-0.4, -0.2) is 42.7 Å². The van der Waals surface area contributed by atoms with Crippen molar-refractivity contribution in [2.45, 2.75) is 25.5 Å². The standard InChI is InChI=1S/C13H14BrN2O4.U/c1-7(17)15-5-12-10-6-19-11-4-8(14)2-3-9(11)16(10)13(18)20-12;/h3-4,10,12-13,18H,5-6H2,1H3,(H,15,17);/q-1;/t10-,12-,13?;/m0./s1. The molecule has 2 heterocycles. The molecular formula is C13H14BrN2O4U-. The smallest absolute Gasteiger partial charge is 0.228 e. The van der Waals surface area contributed by atoms with E-state index in [2.05, 4.69) is 27.3 Å². The van der Waals surface area contributed by atoms with Crippen LogP contribution in [0.3, 0.4) is 0 Å². The average Bonchev–Trinajstić information content (AvgIpc) is 2.73. The van der Waals surface area contributed by atoms with Crippen molar-refractivity contribution in [1.82, 2.24) is 5.32 Å². The van der Waals surface area contributed by atoms with Gasteiger partial charge in [-0.2, -0.15) is 6.07 Å². The second-order valence-electron chi connectivity index (χ2n) is 4.75. The Morgan fingerprint density at radius 1 is 1.67 bits per heavy atom. The predicted molar refractivity (Wildman–Crippen MR) is 74.3 cm³/mol. The minimum Gasteiger partial charge on any atom is -0.515 e. The number of aliphatic hydroxyl groups is 1. The number of rotatable bonds is 2. The summed E-state index contributed by atoms with van der Waals surface area (Å²) in [4.78, 5) is 12.8. The summed E-state index contributed by atoms with van der Waals surface area (Å²) in [6, 6.07) is 6.43. The number of anilines is 1. The zero-order valence-corrected chi connectivity index (χ0v) is 17.0. The summed E-state index contributed by atoms with van der Waals surface area (Å²) in [7, 11) is 0. The first-order chi connectivity index (χ1) is 9.56. The molecule has 1 unspecified atom stereocenters. The van der Waals surface area contributed by atoms with Gasteiger partial charge in [-0.1, -0.05) is 20.4 Å². The molecule has 1 aromatic carbocycles. The number of ether oxygens (including phenoxy) is 2. The van der Waals surface area contributed by atoms with Gasteiger partial charge in [0.2, 0.25) is 12.3 Å². The van der Waals surface area contributed by atoms with Crippen LogP contribution >= 0.6 is 15.9 Å². The van der Waals surface area contributed by atoms with Crippen molar-refractivity contribution in [2.75, 3.05) is 18.1 Å². The first-order valence-electron chi connectivity index (χ1n) is 6.26. The fraction of sp³-hybridized carbons (Fsp3) is 0.462.